The molecular formula is C12H14O3. The standard InChI is InChI=1S/C12H14O3/c1-3-11-4-6-12(7-5-11)15-10-14-9-8-13-2/h1,4-7H,8-10H2,2H3. The molecule has 0 spiro atoms. The molecule has 0 saturated carbocycles. The van der Waals surface area contributed by atoms with Crippen LogP contribution in [0.1, 0.15) is 5.56 Å². The molecule has 1 rings (SSSR count). The van der Waals surface area contributed by atoms with Crippen molar-refractivity contribution in [1.82, 2.24) is 0 Å². The Morgan fingerprint density at radius 1 is 1.20 bits per heavy atom. The minimum atomic E-state index is 0.221. The highest BCUT2D eigenvalue weighted by Gasteiger charge is 1.93. The maximum atomic E-state index is 5.31. The van der Waals surface area contributed by atoms with E-state index in [0.29, 0.717) is 13.2 Å². The van der Waals surface area contributed by atoms with Crippen LogP contribution in [0.4, 0.5) is 0 Å². The third-order valence-electron chi connectivity index (χ3n) is 1.76. The zero-order chi connectivity index (χ0) is 10.9. The molecule has 80 valence electrons. The normalized spacial score (nSPS) is 9.60. The molecule has 0 amide bonds. The van der Waals surface area contributed by atoms with Crippen LogP contribution in [0.15, 0.2) is 24.3 Å². The predicted octanol–water partition coefficient (Wildman–Crippen LogP) is 1.67. The van der Waals surface area contributed by atoms with Gasteiger partial charge < -0.3 is 14.2 Å². The minimum Gasteiger partial charge on any atom is -0.468 e. The summed E-state index contributed by atoms with van der Waals surface area (Å²) in [5, 5.41) is 0. The molecule has 0 atom stereocenters. The van der Waals surface area contributed by atoms with E-state index >= 15 is 0 Å². The first-order valence-corrected chi connectivity index (χ1v) is 4.63. The summed E-state index contributed by atoms with van der Waals surface area (Å²) in [6.45, 7) is 1.32. The Labute approximate surface area is 90.0 Å². The number of methoxy groups -OCH3 is 1. The van der Waals surface area contributed by atoms with Crippen molar-refractivity contribution in [3.63, 3.8) is 0 Å². The number of hydrogen-bond donors (Lipinski definition) is 0. The summed E-state index contributed by atoms with van der Waals surface area (Å²) >= 11 is 0. The monoisotopic (exact) mass is 206 g/mol. The maximum absolute atomic E-state index is 5.31. The lowest BCUT2D eigenvalue weighted by Crippen LogP contribution is -2.07. The van der Waals surface area contributed by atoms with Crippen LogP contribution < -0.4 is 4.74 Å². The molecule has 0 heterocycles. The molecule has 0 aromatic heterocycles. The Balaban J connectivity index is 2.23. The van der Waals surface area contributed by atoms with Gasteiger partial charge in [-0.1, -0.05) is 5.92 Å². The summed E-state index contributed by atoms with van der Waals surface area (Å²) in [5.74, 6) is 3.28. The summed E-state index contributed by atoms with van der Waals surface area (Å²) in [7, 11) is 1.63. The van der Waals surface area contributed by atoms with Crippen LogP contribution in [0, 0.1) is 12.3 Å². The summed E-state index contributed by atoms with van der Waals surface area (Å²) in [5.41, 5.74) is 0.836. The topological polar surface area (TPSA) is 27.7 Å². The Bertz CT molecular complexity index is 311. The minimum absolute atomic E-state index is 0.221. The number of terminal acetylenes is 1. The van der Waals surface area contributed by atoms with Crippen LogP contribution in [0.2, 0.25) is 0 Å². The van der Waals surface area contributed by atoms with Crippen LogP contribution in [0.25, 0.3) is 0 Å². The second-order valence-corrected chi connectivity index (χ2v) is 2.83. The van der Waals surface area contributed by atoms with Crippen LogP contribution in [0.5, 0.6) is 5.75 Å². The van der Waals surface area contributed by atoms with Gasteiger partial charge in [0, 0.05) is 12.7 Å². The number of benzene rings is 1. The van der Waals surface area contributed by atoms with E-state index in [9.17, 15) is 0 Å². The lowest BCUT2D eigenvalue weighted by molar-refractivity contribution is -0.00847. The Kier molecular flexibility index (Phi) is 5.31. The van der Waals surface area contributed by atoms with E-state index in [1.807, 2.05) is 24.3 Å². The molecule has 0 bridgehead atoms. The van der Waals surface area contributed by atoms with Gasteiger partial charge in [-0.25, -0.2) is 0 Å². The Morgan fingerprint density at radius 2 is 1.93 bits per heavy atom. The highest BCUT2D eigenvalue weighted by atomic mass is 16.7. The van der Waals surface area contributed by atoms with Crippen LogP contribution in [-0.4, -0.2) is 27.1 Å². The van der Waals surface area contributed by atoms with Crippen molar-refractivity contribution in [2.24, 2.45) is 0 Å². The molecule has 0 unspecified atom stereocenters. The molecule has 1 aromatic carbocycles. The molecule has 0 N–H and O–H groups in total. The second kappa shape index (κ2) is 6.88. The summed E-state index contributed by atoms with van der Waals surface area (Å²) < 4.78 is 15.3. The molecule has 0 aliphatic rings. The third-order valence-corrected chi connectivity index (χ3v) is 1.76. The quantitative estimate of drug-likeness (QED) is 0.402. The van der Waals surface area contributed by atoms with E-state index in [-0.39, 0.29) is 6.79 Å². The summed E-state index contributed by atoms with van der Waals surface area (Å²) in [4.78, 5) is 0. The van der Waals surface area contributed by atoms with Crippen molar-refractivity contribution in [3.8, 4) is 18.1 Å². The fourth-order valence-corrected chi connectivity index (χ4v) is 0.958. The Morgan fingerprint density at radius 3 is 2.53 bits per heavy atom. The molecule has 3 nitrogen and oxygen atoms in total. The van der Waals surface area contributed by atoms with Gasteiger partial charge in [0.25, 0.3) is 0 Å². The van der Waals surface area contributed by atoms with Crippen molar-refractivity contribution in [2.75, 3.05) is 27.1 Å². The molecule has 15 heavy (non-hydrogen) atoms. The van der Waals surface area contributed by atoms with Gasteiger partial charge in [0.05, 0.1) is 13.2 Å². The number of ether oxygens (including phenoxy) is 3. The van der Waals surface area contributed by atoms with Gasteiger partial charge in [-0.3, -0.25) is 0 Å². The highest BCUT2D eigenvalue weighted by molar-refractivity contribution is 5.36. The second-order valence-electron chi connectivity index (χ2n) is 2.83. The van der Waals surface area contributed by atoms with Crippen molar-refractivity contribution < 1.29 is 14.2 Å². The largest absolute Gasteiger partial charge is 0.468 e. The molecule has 3 heteroatoms. The predicted molar refractivity (Wildman–Crippen MR) is 57.7 cm³/mol. The van der Waals surface area contributed by atoms with Crippen molar-refractivity contribution in [2.45, 2.75) is 0 Å². The average Bonchev–Trinajstić information content (AvgIpc) is 2.30. The summed E-state index contributed by atoms with van der Waals surface area (Å²) in [6, 6.07) is 7.28. The first-order chi connectivity index (χ1) is 7.36. The van der Waals surface area contributed by atoms with Gasteiger partial charge >= 0.3 is 0 Å². The third kappa shape index (κ3) is 4.50. The summed E-state index contributed by atoms with van der Waals surface area (Å²) in [6.07, 6.45) is 5.23. The molecule has 0 saturated heterocycles. The van der Waals surface area contributed by atoms with Gasteiger partial charge in [0.15, 0.2) is 6.79 Å². The number of hydrogen-bond acceptors (Lipinski definition) is 3. The first-order valence-electron chi connectivity index (χ1n) is 4.63. The average molecular weight is 206 g/mol. The molecule has 0 aliphatic heterocycles. The van der Waals surface area contributed by atoms with Crippen LogP contribution in [-0.2, 0) is 9.47 Å². The molecule has 0 aliphatic carbocycles. The van der Waals surface area contributed by atoms with E-state index in [1.165, 1.54) is 0 Å². The highest BCUT2D eigenvalue weighted by Crippen LogP contribution is 2.11. The number of rotatable bonds is 6. The smallest absolute Gasteiger partial charge is 0.189 e. The molecular weight excluding hydrogens is 192 g/mol. The molecule has 0 radical (unpaired) electrons. The molecule has 1 aromatic rings. The van der Waals surface area contributed by atoms with Gasteiger partial charge in [0.2, 0.25) is 0 Å². The fraction of sp³-hybridized carbons (Fsp3) is 0.333. The van der Waals surface area contributed by atoms with Gasteiger partial charge in [-0.2, -0.15) is 0 Å². The zero-order valence-electron chi connectivity index (χ0n) is 8.73. The Hall–Kier alpha value is -1.50. The van der Waals surface area contributed by atoms with Crippen molar-refractivity contribution >= 4 is 0 Å². The fourth-order valence-electron chi connectivity index (χ4n) is 0.958. The zero-order valence-corrected chi connectivity index (χ0v) is 8.73. The van der Waals surface area contributed by atoms with Crippen LogP contribution >= 0.6 is 0 Å². The lowest BCUT2D eigenvalue weighted by Gasteiger charge is -2.06. The SMILES string of the molecule is C#Cc1ccc(OCOCCOC)cc1. The van der Waals surface area contributed by atoms with E-state index in [0.717, 1.165) is 11.3 Å². The first kappa shape index (κ1) is 11.6. The van der Waals surface area contributed by atoms with E-state index in [1.54, 1.807) is 7.11 Å². The lowest BCUT2D eigenvalue weighted by atomic mass is 10.2. The van der Waals surface area contributed by atoms with Crippen LogP contribution in [0.3, 0.4) is 0 Å². The van der Waals surface area contributed by atoms with Crippen molar-refractivity contribution in [3.05, 3.63) is 29.8 Å². The molecule has 0 fully saturated rings. The van der Waals surface area contributed by atoms with E-state index in [2.05, 4.69) is 5.92 Å². The van der Waals surface area contributed by atoms with Gasteiger partial charge in [-0.05, 0) is 24.3 Å². The van der Waals surface area contributed by atoms with Gasteiger partial charge in [-0.15, -0.1) is 6.42 Å². The van der Waals surface area contributed by atoms with Crippen molar-refractivity contribution in [1.29, 1.82) is 0 Å². The van der Waals surface area contributed by atoms with Gasteiger partial charge in [0.1, 0.15) is 5.75 Å². The van der Waals surface area contributed by atoms with E-state index in [4.69, 9.17) is 20.6 Å². The van der Waals surface area contributed by atoms with E-state index < -0.39 is 0 Å². The maximum Gasteiger partial charge on any atom is 0.189 e.